The summed E-state index contributed by atoms with van der Waals surface area (Å²) in [5, 5.41) is 19.4. The highest BCUT2D eigenvalue weighted by Crippen LogP contribution is 2.33. The molecule has 3 rings (SSSR count). The van der Waals surface area contributed by atoms with Gasteiger partial charge in [0.15, 0.2) is 4.90 Å². The fourth-order valence-corrected chi connectivity index (χ4v) is 4.97. The number of hydrogen-bond acceptors (Lipinski definition) is 7. The number of benzene rings is 1. The van der Waals surface area contributed by atoms with E-state index in [0.717, 1.165) is 6.42 Å². The first kappa shape index (κ1) is 20.4. The van der Waals surface area contributed by atoms with E-state index < -0.39 is 20.6 Å². The van der Waals surface area contributed by atoms with Gasteiger partial charge in [-0.25, -0.2) is 8.42 Å². The van der Waals surface area contributed by atoms with Crippen LogP contribution < -0.4 is 0 Å². The molecule has 2 heterocycles. The van der Waals surface area contributed by atoms with Gasteiger partial charge < -0.3 is 4.42 Å². The van der Waals surface area contributed by atoms with E-state index in [1.165, 1.54) is 28.6 Å². The molecule has 1 aliphatic rings. The van der Waals surface area contributed by atoms with Crippen LogP contribution in [0.2, 0.25) is 0 Å². The Morgan fingerprint density at radius 3 is 2.68 bits per heavy atom. The standard InChI is InChI=1S/C18H24N4O5S/c1-18(2,3)11-16-19-20-17(27-16)13-7-6-10-21(12-13)28(25,26)15-9-5-4-8-14(15)22(23)24/h4-5,8-9,13H,6-7,10-12H2,1-3H3. The lowest BCUT2D eigenvalue weighted by Crippen LogP contribution is -2.39. The van der Waals surface area contributed by atoms with E-state index in [1.54, 1.807) is 0 Å². The molecule has 1 unspecified atom stereocenters. The zero-order chi connectivity index (χ0) is 20.5. The third-order valence-electron chi connectivity index (χ3n) is 4.58. The Morgan fingerprint density at radius 2 is 2.00 bits per heavy atom. The number of nitrogens with zero attached hydrogens (tertiary/aromatic N) is 4. The average molecular weight is 408 g/mol. The summed E-state index contributed by atoms with van der Waals surface area (Å²) in [5.74, 6) is 0.718. The maximum Gasteiger partial charge on any atom is 0.289 e. The molecule has 0 saturated carbocycles. The Bertz CT molecular complexity index is 964. The van der Waals surface area contributed by atoms with Crippen molar-refractivity contribution in [3.8, 4) is 0 Å². The molecule has 152 valence electrons. The first-order valence-corrected chi connectivity index (χ1v) is 10.6. The maximum absolute atomic E-state index is 13.0. The second kappa shape index (κ2) is 7.59. The van der Waals surface area contributed by atoms with Crippen molar-refractivity contribution < 1.29 is 17.8 Å². The van der Waals surface area contributed by atoms with Crippen molar-refractivity contribution >= 4 is 15.7 Å². The molecule has 1 aromatic carbocycles. The molecule has 0 radical (unpaired) electrons. The van der Waals surface area contributed by atoms with E-state index >= 15 is 0 Å². The lowest BCUT2D eigenvalue weighted by atomic mass is 9.92. The van der Waals surface area contributed by atoms with Gasteiger partial charge in [-0.15, -0.1) is 10.2 Å². The lowest BCUT2D eigenvalue weighted by Gasteiger charge is -2.30. The minimum Gasteiger partial charge on any atom is -0.425 e. The van der Waals surface area contributed by atoms with E-state index in [9.17, 15) is 18.5 Å². The third kappa shape index (κ3) is 4.39. The average Bonchev–Trinajstić information content (AvgIpc) is 3.08. The van der Waals surface area contributed by atoms with Crippen LogP contribution in [0.3, 0.4) is 0 Å². The third-order valence-corrected chi connectivity index (χ3v) is 6.49. The number of nitro groups is 1. The Labute approximate surface area is 164 Å². The number of hydrogen-bond donors (Lipinski definition) is 0. The molecule has 1 atom stereocenters. The maximum atomic E-state index is 13.0. The summed E-state index contributed by atoms with van der Waals surface area (Å²) in [6.45, 7) is 6.66. The Hall–Kier alpha value is -2.33. The van der Waals surface area contributed by atoms with Gasteiger partial charge in [0, 0.05) is 25.6 Å². The van der Waals surface area contributed by atoms with E-state index in [1.807, 2.05) is 0 Å². The van der Waals surface area contributed by atoms with Crippen molar-refractivity contribution in [1.29, 1.82) is 0 Å². The van der Waals surface area contributed by atoms with Crippen LogP contribution in [0.25, 0.3) is 0 Å². The minimum absolute atomic E-state index is 0.00200. The summed E-state index contributed by atoms with van der Waals surface area (Å²) in [6.07, 6.45) is 1.96. The Morgan fingerprint density at radius 1 is 1.29 bits per heavy atom. The van der Waals surface area contributed by atoms with Gasteiger partial charge >= 0.3 is 0 Å². The molecule has 0 N–H and O–H groups in total. The minimum atomic E-state index is -4.00. The zero-order valence-corrected chi connectivity index (χ0v) is 17.0. The fourth-order valence-electron chi connectivity index (χ4n) is 3.28. The van der Waals surface area contributed by atoms with Gasteiger partial charge in [0.05, 0.1) is 10.8 Å². The highest BCUT2D eigenvalue weighted by molar-refractivity contribution is 7.89. The molecule has 0 amide bonds. The number of rotatable bonds is 5. The van der Waals surface area contributed by atoms with Crippen molar-refractivity contribution in [3.05, 3.63) is 46.2 Å². The monoisotopic (exact) mass is 408 g/mol. The second-order valence-corrected chi connectivity index (χ2v) is 10.1. The van der Waals surface area contributed by atoms with E-state index in [-0.39, 0.29) is 22.8 Å². The van der Waals surface area contributed by atoms with Gasteiger partial charge in [-0.1, -0.05) is 32.9 Å². The van der Waals surface area contributed by atoms with Crippen molar-refractivity contribution in [2.45, 2.75) is 50.8 Å². The first-order chi connectivity index (χ1) is 13.1. The molecule has 1 fully saturated rings. The molecule has 9 nitrogen and oxygen atoms in total. The Kier molecular flexibility index (Phi) is 5.53. The summed E-state index contributed by atoms with van der Waals surface area (Å²) >= 11 is 0. The smallest absolute Gasteiger partial charge is 0.289 e. The molecule has 1 aromatic heterocycles. The van der Waals surface area contributed by atoms with E-state index in [0.29, 0.717) is 31.2 Å². The van der Waals surface area contributed by atoms with Gasteiger partial charge in [0.1, 0.15) is 0 Å². The van der Waals surface area contributed by atoms with Crippen LogP contribution >= 0.6 is 0 Å². The van der Waals surface area contributed by atoms with Gasteiger partial charge in [-0.05, 0) is 24.3 Å². The molecule has 1 saturated heterocycles. The lowest BCUT2D eigenvalue weighted by molar-refractivity contribution is -0.387. The summed E-state index contributed by atoms with van der Waals surface area (Å²) < 4.78 is 33.1. The number of sulfonamides is 1. The largest absolute Gasteiger partial charge is 0.425 e. The van der Waals surface area contributed by atoms with Crippen LogP contribution in [0.15, 0.2) is 33.6 Å². The van der Waals surface area contributed by atoms with E-state index in [4.69, 9.17) is 4.42 Å². The molecule has 28 heavy (non-hydrogen) atoms. The van der Waals surface area contributed by atoms with Crippen molar-refractivity contribution in [1.82, 2.24) is 14.5 Å². The molecule has 0 aliphatic carbocycles. The number of piperidine rings is 1. The molecule has 0 spiro atoms. The van der Waals surface area contributed by atoms with Gasteiger partial charge in [-0.2, -0.15) is 4.31 Å². The molecule has 2 aromatic rings. The highest BCUT2D eigenvalue weighted by atomic mass is 32.2. The summed E-state index contributed by atoms with van der Waals surface area (Å²) in [7, 11) is -4.00. The number of aromatic nitrogens is 2. The normalized spacial score (nSPS) is 18.9. The zero-order valence-electron chi connectivity index (χ0n) is 16.2. The van der Waals surface area contributed by atoms with Gasteiger partial charge in [-0.3, -0.25) is 10.1 Å². The van der Waals surface area contributed by atoms with Crippen LogP contribution in [0, 0.1) is 15.5 Å². The van der Waals surface area contributed by atoms with Crippen LogP contribution in [0.5, 0.6) is 0 Å². The highest BCUT2D eigenvalue weighted by Gasteiger charge is 2.36. The molecular formula is C18H24N4O5S. The number of nitro benzene ring substituents is 1. The van der Waals surface area contributed by atoms with E-state index in [2.05, 4.69) is 31.0 Å². The predicted molar refractivity (Wildman–Crippen MR) is 101 cm³/mol. The van der Waals surface area contributed by atoms with Crippen LogP contribution in [0.1, 0.15) is 51.3 Å². The van der Waals surface area contributed by atoms with Gasteiger partial charge in [0.2, 0.25) is 21.8 Å². The summed E-state index contributed by atoms with van der Waals surface area (Å²) in [6, 6.07) is 5.40. The van der Waals surface area contributed by atoms with Crippen molar-refractivity contribution in [3.63, 3.8) is 0 Å². The first-order valence-electron chi connectivity index (χ1n) is 9.14. The molecular weight excluding hydrogens is 384 g/mol. The molecule has 0 bridgehead atoms. The summed E-state index contributed by atoms with van der Waals surface area (Å²) in [5.41, 5.74) is -0.423. The Balaban J connectivity index is 1.83. The second-order valence-electron chi connectivity index (χ2n) is 8.20. The SMILES string of the molecule is CC(C)(C)Cc1nnc(C2CCCN(S(=O)(=O)c3ccccc3[N+](=O)[O-])C2)o1. The van der Waals surface area contributed by atoms with Crippen LogP contribution in [0.4, 0.5) is 5.69 Å². The van der Waals surface area contributed by atoms with Crippen LogP contribution in [-0.4, -0.2) is 40.9 Å². The molecule has 1 aliphatic heterocycles. The molecule has 10 heteroatoms. The fraction of sp³-hybridized carbons (Fsp3) is 0.556. The van der Waals surface area contributed by atoms with Crippen LogP contribution in [-0.2, 0) is 16.4 Å². The van der Waals surface area contributed by atoms with Gasteiger partial charge in [0.25, 0.3) is 5.69 Å². The van der Waals surface area contributed by atoms with Crippen molar-refractivity contribution in [2.75, 3.05) is 13.1 Å². The number of para-hydroxylation sites is 1. The summed E-state index contributed by atoms with van der Waals surface area (Å²) in [4.78, 5) is 10.3. The predicted octanol–water partition coefficient (Wildman–Crippen LogP) is 3.13. The van der Waals surface area contributed by atoms with Crippen molar-refractivity contribution in [2.24, 2.45) is 5.41 Å². The topological polar surface area (TPSA) is 119 Å². The quantitative estimate of drug-likeness (QED) is 0.550.